The second kappa shape index (κ2) is 6.89. The molecule has 0 fully saturated rings. The van der Waals surface area contributed by atoms with Gasteiger partial charge in [-0.05, 0) is 41.8 Å². The molecule has 0 aromatic heterocycles. The van der Waals surface area contributed by atoms with Gasteiger partial charge in [-0.3, -0.25) is 0 Å². The Balaban J connectivity index is 2.29. The molecule has 0 bridgehead atoms. The smallest absolute Gasteiger partial charge is 0.127 e. The minimum Gasteiger partial charge on any atom is -0.507 e. The molecular formula is C18H19FN2O. The molecule has 0 spiro atoms. The molecule has 3 N–H and O–H groups in total. The Hall–Kier alpha value is -2.62. The van der Waals surface area contributed by atoms with Crippen molar-refractivity contribution in [1.82, 2.24) is 0 Å². The van der Waals surface area contributed by atoms with E-state index in [9.17, 15) is 9.50 Å². The van der Waals surface area contributed by atoms with Gasteiger partial charge in [-0.1, -0.05) is 32.0 Å². The van der Waals surface area contributed by atoms with E-state index in [1.807, 2.05) is 24.3 Å². The summed E-state index contributed by atoms with van der Waals surface area (Å²) in [5, 5.41) is 10.0. The molecule has 2 aromatic carbocycles. The Bertz CT molecular complexity index is 703. The summed E-state index contributed by atoms with van der Waals surface area (Å²) >= 11 is 0. The van der Waals surface area contributed by atoms with Crippen molar-refractivity contribution in [3.63, 3.8) is 0 Å². The van der Waals surface area contributed by atoms with E-state index in [4.69, 9.17) is 5.73 Å². The third-order valence-electron chi connectivity index (χ3n) is 3.23. The molecule has 0 heterocycles. The van der Waals surface area contributed by atoms with Gasteiger partial charge in [-0.15, -0.1) is 0 Å². The summed E-state index contributed by atoms with van der Waals surface area (Å²) in [6, 6.07) is 13.2. The van der Waals surface area contributed by atoms with Gasteiger partial charge in [0.15, 0.2) is 0 Å². The fraction of sp³-hybridized carbons (Fsp3) is 0.167. The third-order valence-corrected chi connectivity index (χ3v) is 3.23. The predicted octanol–water partition coefficient (Wildman–Crippen LogP) is 4.54. The van der Waals surface area contributed by atoms with Crippen LogP contribution in [0, 0.1) is 5.82 Å². The first-order valence-corrected chi connectivity index (χ1v) is 7.07. The zero-order valence-electron chi connectivity index (χ0n) is 12.6. The van der Waals surface area contributed by atoms with Gasteiger partial charge in [-0.25, -0.2) is 9.38 Å². The number of halogens is 1. The standard InChI is InChI=1S/C18H19FN2O/c1-12(2)15-5-3-4-6-16(15)21-18(20)11-17(22)13-7-9-14(19)10-8-13/h3-12,22H,1-2H3,(H2,20,21)/b17-11-. The second-order valence-electron chi connectivity index (χ2n) is 5.29. The minimum atomic E-state index is -0.357. The maximum atomic E-state index is 12.9. The summed E-state index contributed by atoms with van der Waals surface area (Å²) in [6.45, 7) is 4.16. The molecule has 0 saturated carbocycles. The average Bonchev–Trinajstić information content (AvgIpc) is 2.48. The number of nitrogens with zero attached hydrogens (tertiary/aromatic N) is 1. The Morgan fingerprint density at radius 2 is 1.77 bits per heavy atom. The van der Waals surface area contributed by atoms with Crippen molar-refractivity contribution >= 4 is 17.3 Å². The average molecular weight is 298 g/mol. The van der Waals surface area contributed by atoms with E-state index in [0.717, 1.165) is 11.3 Å². The van der Waals surface area contributed by atoms with Crippen LogP contribution in [0.5, 0.6) is 0 Å². The van der Waals surface area contributed by atoms with E-state index in [1.165, 1.54) is 30.3 Å². The van der Waals surface area contributed by atoms with E-state index in [-0.39, 0.29) is 17.4 Å². The largest absolute Gasteiger partial charge is 0.507 e. The summed E-state index contributed by atoms with van der Waals surface area (Å²) in [5.41, 5.74) is 8.23. The number of rotatable bonds is 4. The number of aliphatic hydroxyl groups is 1. The Morgan fingerprint density at radius 1 is 1.14 bits per heavy atom. The Labute approximate surface area is 129 Å². The highest BCUT2D eigenvalue weighted by Gasteiger charge is 2.06. The molecule has 0 aliphatic carbocycles. The first-order valence-electron chi connectivity index (χ1n) is 7.07. The summed E-state index contributed by atoms with van der Waals surface area (Å²) in [4.78, 5) is 4.35. The van der Waals surface area contributed by atoms with Gasteiger partial charge >= 0.3 is 0 Å². The van der Waals surface area contributed by atoms with Crippen LogP contribution < -0.4 is 5.73 Å². The number of para-hydroxylation sites is 1. The number of benzene rings is 2. The van der Waals surface area contributed by atoms with Gasteiger partial charge < -0.3 is 10.8 Å². The van der Waals surface area contributed by atoms with Crippen LogP contribution in [-0.2, 0) is 0 Å². The lowest BCUT2D eigenvalue weighted by Crippen LogP contribution is -2.08. The molecule has 0 aliphatic rings. The number of hydrogen-bond donors (Lipinski definition) is 2. The molecule has 22 heavy (non-hydrogen) atoms. The summed E-state index contributed by atoms with van der Waals surface area (Å²) in [6.07, 6.45) is 1.37. The van der Waals surface area contributed by atoms with Crippen LogP contribution in [0.25, 0.3) is 5.76 Å². The number of amidine groups is 1. The molecule has 2 rings (SSSR count). The summed E-state index contributed by atoms with van der Waals surface area (Å²) < 4.78 is 12.9. The van der Waals surface area contributed by atoms with Crippen molar-refractivity contribution < 1.29 is 9.50 Å². The molecular weight excluding hydrogens is 279 g/mol. The van der Waals surface area contributed by atoms with E-state index in [1.54, 1.807) is 0 Å². The first kappa shape index (κ1) is 15.8. The molecule has 2 aromatic rings. The van der Waals surface area contributed by atoms with E-state index in [2.05, 4.69) is 18.8 Å². The van der Waals surface area contributed by atoms with Gasteiger partial charge in [0.25, 0.3) is 0 Å². The van der Waals surface area contributed by atoms with Gasteiger partial charge in [-0.2, -0.15) is 0 Å². The van der Waals surface area contributed by atoms with Crippen molar-refractivity contribution in [2.45, 2.75) is 19.8 Å². The summed E-state index contributed by atoms with van der Waals surface area (Å²) in [7, 11) is 0. The third kappa shape index (κ3) is 3.95. The van der Waals surface area contributed by atoms with Crippen molar-refractivity contribution in [3.8, 4) is 0 Å². The molecule has 4 heteroatoms. The molecule has 0 amide bonds. The normalized spacial score (nSPS) is 12.7. The fourth-order valence-corrected chi connectivity index (χ4v) is 2.09. The van der Waals surface area contributed by atoms with E-state index < -0.39 is 0 Å². The van der Waals surface area contributed by atoms with Gasteiger partial charge in [0, 0.05) is 11.6 Å². The van der Waals surface area contributed by atoms with Crippen LogP contribution >= 0.6 is 0 Å². The maximum Gasteiger partial charge on any atom is 0.127 e. The van der Waals surface area contributed by atoms with Gasteiger partial charge in [0.2, 0.25) is 0 Å². The predicted molar refractivity (Wildman–Crippen MR) is 88.8 cm³/mol. The van der Waals surface area contributed by atoms with Crippen LogP contribution in [0.2, 0.25) is 0 Å². The maximum absolute atomic E-state index is 12.9. The lowest BCUT2D eigenvalue weighted by atomic mass is 10.0. The number of aliphatic imine (C=N–C) groups is 1. The number of nitrogens with two attached hydrogens (primary N) is 1. The number of aliphatic hydroxyl groups excluding tert-OH is 1. The monoisotopic (exact) mass is 298 g/mol. The molecule has 0 aliphatic heterocycles. The summed E-state index contributed by atoms with van der Waals surface area (Å²) in [5.74, 6) is 0.102. The topological polar surface area (TPSA) is 58.6 Å². The van der Waals surface area contributed by atoms with Crippen molar-refractivity contribution in [2.24, 2.45) is 10.7 Å². The quantitative estimate of drug-likeness (QED) is 0.494. The van der Waals surface area contributed by atoms with Gasteiger partial charge in [0.1, 0.15) is 17.4 Å². The van der Waals surface area contributed by atoms with E-state index >= 15 is 0 Å². The van der Waals surface area contributed by atoms with Crippen LogP contribution in [0.4, 0.5) is 10.1 Å². The SMILES string of the molecule is CC(C)c1ccccc1N=C(N)/C=C(\O)c1ccc(F)cc1. The molecule has 0 saturated heterocycles. The highest BCUT2D eigenvalue weighted by Crippen LogP contribution is 2.26. The Kier molecular flexibility index (Phi) is 4.94. The lowest BCUT2D eigenvalue weighted by Gasteiger charge is -2.09. The number of hydrogen-bond acceptors (Lipinski definition) is 2. The zero-order chi connectivity index (χ0) is 16.1. The molecule has 0 atom stereocenters. The van der Waals surface area contributed by atoms with Crippen LogP contribution in [0.3, 0.4) is 0 Å². The van der Waals surface area contributed by atoms with E-state index in [0.29, 0.717) is 11.5 Å². The van der Waals surface area contributed by atoms with Gasteiger partial charge in [0.05, 0.1) is 5.69 Å². The van der Waals surface area contributed by atoms with Crippen molar-refractivity contribution in [2.75, 3.05) is 0 Å². The second-order valence-corrected chi connectivity index (χ2v) is 5.29. The highest BCUT2D eigenvalue weighted by atomic mass is 19.1. The fourth-order valence-electron chi connectivity index (χ4n) is 2.09. The highest BCUT2D eigenvalue weighted by molar-refractivity contribution is 5.98. The molecule has 0 unspecified atom stereocenters. The molecule has 114 valence electrons. The molecule has 3 nitrogen and oxygen atoms in total. The minimum absolute atomic E-state index is 0.0525. The Morgan fingerprint density at radius 3 is 2.41 bits per heavy atom. The lowest BCUT2D eigenvalue weighted by molar-refractivity contribution is 0.512. The molecule has 0 radical (unpaired) electrons. The van der Waals surface area contributed by atoms with Crippen molar-refractivity contribution in [1.29, 1.82) is 0 Å². The van der Waals surface area contributed by atoms with Crippen molar-refractivity contribution in [3.05, 3.63) is 71.6 Å². The van der Waals surface area contributed by atoms with Crippen LogP contribution in [0.1, 0.15) is 30.9 Å². The van der Waals surface area contributed by atoms with Crippen LogP contribution in [-0.4, -0.2) is 10.9 Å². The first-order chi connectivity index (χ1) is 10.5. The zero-order valence-corrected chi connectivity index (χ0v) is 12.6. The van der Waals surface area contributed by atoms with Crippen LogP contribution in [0.15, 0.2) is 59.6 Å².